The number of carbonyl (C=O) groups excluding carboxylic acids is 2. The number of nitrogens with one attached hydrogen (secondary N) is 1. The van der Waals surface area contributed by atoms with E-state index in [2.05, 4.69) is 17.2 Å². The van der Waals surface area contributed by atoms with E-state index in [0.717, 1.165) is 6.54 Å². The molecule has 0 radical (unpaired) electrons. The Bertz CT molecular complexity index is 629. The highest BCUT2D eigenvalue weighted by atomic mass is 16.5. The zero-order chi connectivity index (χ0) is 16.4. The van der Waals surface area contributed by atoms with Crippen molar-refractivity contribution in [3.63, 3.8) is 0 Å². The van der Waals surface area contributed by atoms with E-state index in [-0.39, 0.29) is 35.8 Å². The molecule has 4 atom stereocenters. The SMILES string of the molecule is COC(=O)C1=CNC[C@@H]2[C@@H](C)[C@@H](OC(=O)c3cccnc3)C[C@H]12. The summed E-state index contributed by atoms with van der Waals surface area (Å²) in [7, 11) is 1.38. The number of ether oxygens (including phenoxy) is 2. The molecule has 122 valence electrons. The summed E-state index contributed by atoms with van der Waals surface area (Å²) in [6.07, 6.45) is 5.26. The van der Waals surface area contributed by atoms with Crippen molar-refractivity contribution in [2.45, 2.75) is 19.4 Å². The van der Waals surface area contributed by atoms with E-state index in [0.29, 0.717) is 17.6 Å². The van der Waals surface area contributed by atoms with Gasteiger partial charge < -0.3 is 14.8 Å². The minimum Gasteiger partial charge on any atom is -0.466 e. The highest BCUT2D eigenvalue weighted by molar-refractivity contribution is 5.90. The van der Waals surface area contributed by atoms with E-state index in [1.165, 1.54) is 13.3 Å². The van der Waals surface area contributed by atoms with Crippen LogP contribution in [0.1, 0.15) is 23.7 Å². The summed E-state index contributed by atoms with van der Waals surface area (Å²) in [5, 5.41) is 3.14. The van der Waals surface area contributed by atoms with Crippen molar-refractivity contribution in [2.24, 2.45) is 17.8 Å². The zero-order valence-corrected chi connectivity index (χ0v) is 13.2. The fourth-order valence-electron chi connectivity index (χ4n) is 3.55. The lowest BCUT2D eigenvalue weighted by Gasteiger charge is -2.28. The largest absolute Gasteiger partial charge is 0.466 e. The third-order valence-electron chi connectivity index (χ3n) is 4.85. The third-order valence-corrected chi connectivity index (χ3v) is 4.85. The van der Waals surface area contributed by atoms with Crippen LogP contribution in [0.2, 0.25) is 0 Å². The average Bonchev–Trinajstić information content (AvgIpc) is 2.91. The first-order valence-corrected chi connectivity index (χ1v) is 7.74. The van der Waals surface area contributed by atoms with Gasteiger partial charge in [0.1, 0.15) is 6.10 Å². The van der Waals surface area contributed by atoms with Gasteiger partial charge in [-0.05, 0) is 30.4 Å². The lowest BCUT2D eigenvalue weighted by atomic mass is 9.83. The van der Waals surface area contributed by atoms with Crippen molar-refractivity contribution in [3.8, 4) is 0 Å². The molecule has 6 nitrogen and oxygen atoms in total. The van der Waals surface area contributed by atoms with Gasteiger partial charge in [0.05, 0.1) is 18.2 Å². The number of aromatic nitrogens is 1. The number of nitrogens with zero attached hydrogens (tertiary/aromatic N) is 1. The molecule has 1 saturated carbocycles. The van der Waals surface area contributed by atoms with Crippen LogP contribution in [0.4, 0.5) is 0 Å². The van der Waals surface area contributed by atoms with Crippen LogP contribution in [0.5, 0.6) is 0 Å². The second-order valence-electron chi connectivity index (χ2n) is 6.05. The van der Waals surface area contributed by atoms with Crippen LogP contribution in [-0.2, 0) is 14.3 Å². The Morgan fingerprint density at radius 3 is 2.87 bits per heavy atom. The van der Waals surface area contributed by atoms with E-state index in [4.69, 9.17) is 9.47 Å². The van der Waals surface area contributed by atoms with Gasteiger partial charge in [0.15, 0.2) is 0 Å². The molecule has 0 spiro atoms. The molecule has 2 aliphatic rings. The number of hydrogen-bond acceptors (Lipinski definition) is 6. The number of methoxy groups -OCH3 is 1. The monoisotopic (exact) mass is 316 g/mol. The van der Waals surface area contributed by atoms with Crippen LogP contribution in [0, 0.1) is 17.8 Å². The maximum Gasteiger partial charge on any atom is 0.339 e. The Kier molecular flexibility index (Phi) is 4.32. The summed E-state index contributed by atoms with van der Waals surface area (Å²) in [6, 6.07) is 3.39. The molecule has 0 unspecified atom stereocenters. The highest BCUT2D eigenvalue weighted by Gasteiger charge is 2.47. The summed E-state index contributed by atoms with van der Waals surface area (Å²) in [5.41, 5.74) is 1.08. The fraction of sp³-hybridized carbons (Fsp3) is 0.471. The molecular weight excluding hydrogens is 296 g/mol. The Morgan fingerprint density at radius 1 is 1.35 bits per heavy atom. The minimum atomic E-state index is -0.370. The molecule has 0 saturated heterocycles. The van der Waals surface area contributed by atoms with E-state index in [1.54, 1.807) is 24.5 Å². The normalized spacial score (nSPS) is 29.0. The molecule has 1 N–H and O–H groups in total. The van der Waals surface area contributed by atoms with Crippen molar-refractivity contribution >= 4 is 11.9 Å². The summed E-state index contributed by atoms with van der Waals surface area (Å²) in [6.45, 7) is 2.83. The molecule has 1 aliphatic heterocycles. The molecule has 0 amide bonds. The number of fused-ring (bicyclic) bond motifs is 1. The maximum absolute atomic E-state index is 12.2. The molecule has 2 heterocycles. The second-order valence-corrected chi connectivity index (χ2v) is 6.05. The molecule has 23 heavy (non-hydrogen) atoms. The summed E-state index contributed by atoms with van der Waals surface area (Å²) in [5.74, 6) is -0.212. The Morgan fingerprint density at radius 2 is 2.17 bits per heavy atom. The van der Waals surface area contributed by atoms with Crippen molar-refractivity contribution in [1.82, 2.24) is 10.3 Å². The van der Waals surface area contributed by atoms with Gasteiger partial charge in [0.25, 0.3) is 0 Å². The molecule has 1 aromatic heterocycles. The number of pyridine rings is 1. The number of hydrogen-bond donors (Lipinski definition) is 1. The van der Waals surface area contributed by atoms with Gasteiger partial charge >= 0.3 is 11.9 Å². The van der Waals surface area contributed by atoms with Gasteiger partial charge in [-0.3, -0.25) is 4.98 Å². The molecular formula is C17H20N2O4. The minimum absolute atomic E-state index is 0.0606. The predicted octanol–water partition coefficient (Wildman–Crippen LogP) is 1.54. The van der Waals surface area contributed by atoms with Crippen LogP contribution >= 0.6 is 0 Å². The standard InChI is InChI=1S/C17H20N2O4/c1-10-13-8-19-9-14(17(21)22-2)12(13)6-15(10)23-16(20)11-4-3-5-18-7-11/h3-5,7,9-10,12-13,15,19H,6,8H2,1-2H3/t10-,12+,13-,15+/m1/s1. The Balaban J connectivity index is 1.73. The first-order valence-electron chi connectivity index (χ1n) is 7.74. The van der Waals surface area contributed by atoms with Gasteiger partial charge in [0.2, 0.25) is 0 Å². The number of rotatable bonds is 3. The van der Waals surface area contributed by atoms with E-state index >= 15 is 0 Å². The first-order chi connectivity index (χ1) is 11.1. The van der Waals surface area contributed by atoms with Crippen LogP contribution in [0.15, 0.2) is 36.3 Å². The van der Waals surface area contributed by atoms with Crippen molar-refractivity contribution in [1.29, 1.82) is 0 Å². The Labute approximate surface area is 134 Å². The van der Waals surface area contributed by atoms with Crippen molar-refractivity contribution in [3.05, 3.63) is 41.9 Å². The first kappa shape index (κ1) is 15.5. The zero-order valence-electron chi connectivity index (χ0n) is 13.2. The van der Waals surface area contributed by atoms with Crippen LogP contribution in [0.3, 0.4) is 0 Å². The van der Waals surface area contributed by atoms with Crippen LogP contribution < -0.4 is 5.32 Å². The average molecular weight is 316 g/mol. The molecule has 0 bridgehead atoms. The van der Waals surface area contributed by atoms with Crippen LogP contribution in [0.25, 0.3) is 0 Å². The molecule has 6 heteroatoms. The van der Waals surface area contributed by atoms with E-state index < -0.39 is 0 Å². The molecule has 1 aromatic rings. The number of carbonyl (C=O) groups is 2. The smallest absolute Gasteiger partial charge is 0.339 e. The third kappa shape index (κ3) is 2.93. The van der Waals surface area contributed by atoms with Gasteiger partial charge in [-0.2, -0.15) is 0 Å². The molecule has 0 aromatic carbocycles. The summed E-state index contributed by atoms with van der Waals surface area (Å²) < 4.78 is 10.5. The number of esters is 2. The van der Waals surface area contributed by atoms with Gasteiger partial charge in [-0.15, -0.1) is 0 Å². The van der Waals surface area contributed by atoms with Crippen LogP contribution in [-0.4, -0.2) is 36.7 Å². The maximum atomic E-state index is 12.2. The van der Waals surface area contributed by atoms with Gasteiger partial charge in [-0.25, -0.2) is 9.59 Å². The van der Waals surface area contributed by atoms with Crippen molar-refractivity contribution < 1.29 is 19.1 Å². The Hall–Kier alpha value is -2.37. The van der Waals surface area contributed by atoms with Gasteiger partial charge in [-0.1, -0.05) is 6.92 Å². The second kappa shape index (κ2) is 6.40. The summed E-state index contributed by atoms with van der Waals surface area (Å²) in [4.78, 5) is 28.1. The van der Waals surface area contributed by atoms with Crippen molar-refractivity contribution in [2.75, 3.05) is 13.7 Å². The topological polar surface area (TPSA) is 77.5 Å². The molecule has 1 fully saturated rings. The van der Waals surface area contributed by atoms with E-state index in [9.17, 15) is 9.59 Å². The van der Waals surface area contributed by atoms with Gasteiger partial charge in [0, 0.05) is 31.1 Å². The molecule has 1 aliphatic carbocycles. The lowest BCUT2D eigenvalue weighted by molar-refractivity contribution is -0.137. The molecule has 3 rings (SSSR count). The quantitative estimate of drug-likeness (QED) is 0.852. The lowest BCUT2D eigenvalue weighted by Crippen LogP contribution is -2.35. The van der Waals surface area contributed by atoms with E-state index in [1.807, 2.05) is 0 Å². The predicted molar refractivity (Wildman–Crippen MR) is 82.3 cm³/mol. The summed E-state index contributed by atoms with van der Waals surface area (Å²) >= 11 is 0. The highest BCUT2D eigenvalue weighted by Crippen LogP contribution is 2.44. The fourth-order valence-corrected chi connectivity index (χ4v) is 3.55.